The third-order valence-corrected chi connectivity index (χ3v) is 6.13. The van der Waals surface area contributed by atoms with Crippen molar-refractivity contribution < 1.29 is 19.3 Å². The van der Waals surface area contributed by atoms with Crippen LogP contribution in [0.5, 0.6) is 6.01 Å². The van der Waals surface area contributed by atoms with Crippen molar-refractivity contribution in [2.75, 3.05) is 13.2 Å². The first-order valence-electron chi connectivity index (χ1n) is 10.6. The molecule has 0 bridgehead atoms. The van der Waals surface area contributed by atoms with Crippen LogP contribution in [0.3, 0.4) is 0 Å². The number of nitrogens with zero attached hydrogens (tertiary/aromatic N) is 2. The molecule has 0 saturated carbocycles. The molecule has 0 spiro atoms. The Morgan fingerprint density at radius 1 is 1.23 bits per heavy atom. The van der Waals surface area contributed by atoms with Gasteiger partial charge in [0, 0.05) is 12.2 Å². The molecule has 0 amide bonds. The van der Waals surface area contributed by atoms with Gasteiger partial charge in [-0.2, -0.15) is 4.98 Å². The summed E-state index contributed by atoms with van der Waals surface area (Å²) in [5.41, 5.74) is 3.32. The minimum atomic E-state index is -0.677. The number of H-pyrrole nitrogens is 1. The average Bonchev–Trinajstić information content (AvgIpc) is 3.43. The molecule has 5 rings (SSSR count). The van der Waals surface area contributed by atoms with Gasteiger partial charge >= 0.3 is 0 Å². The average molecular weight is 444 g/mol. The molecule has 164 valence electrons. The molecular formula is C23H26ClN3O4. The van der Waals surface area contributed by atoms with E-state index < -0.39 is 5.60 Å². The lowest BCUT2D eigenvalue weighted by atomic mass is 9.98. The molecule has 4 heterocycles. The van der Waals surface area contributed by atoms with E-state index in [2.05, 4.69) is 15.0 Å². The van der Waals surface area contributed by atoms with Gasteiger partial charge in [-0.05, 0) is 44.7 Å². The number of aliphatic hydroxyl groups is 1. The van der Waals surface area contributed by atoms with Crippen molar-refractivity contribution in [1.82, 2.24) is 15.0 Å². The van der Waals surface area contributed by atoms with Crippen LogP contribution < -0.4 is 4.74 Å². The van der Waals surface area contributed by atoms with Crippen molar-refractivity contribution in [2.24, 2.45) is 0 Å². The van der Waals surface area contributed by atoms with Gasteiger partial charge < -0.3 is 24.3 Å². The molecule has 8 heteroatoms. The van der Waals surface area contributed by atoms with Crippen LogP contribution in [0.2, 0.25) is 5.02 Å². The summed E-state index contributed by atoms with van der Waals surface area (Å²) in [6.07, 6.45) is 2.29. The van der Waals surface area contributed by atoms with Crippen molar-refractivity contribution >= 4 is 22.8 Å². The Kier molecular flexibility index (Phi) is 5.38. The van der Waals surface area contributed by atoms with Gasteiger partial charge in [0.25, 0.3) is 6.01 Å². The lowest BCUT2D eigenvalue weighted by Crippen LogP contribution is -2.32. The zero-order valence-corrected chi connectivity index (χ0v) is 18.4. The van der Waals surface area contributed by atoms with Gasteiger partial charge in [0.1, 0.15) is 6.10 Å². The van der Waals surface area contributed by atoms with Gasteiger partial charge in [-0.25, -0.2) is 4.98 Å². The minimum absolute atomic E-state index is 0.0461. The van der Waals surface area contributed by atoms with Crippen LogP contribution in [0.4, 0.5) is 0 Å². The summed E-state index contributed by atoms with van der Waals surface area (Å²) in [6, 6.07) is 10.3. The smallest absolute Gasteiger partial charge is 0.296 e. The standard InChI is InChI=1S/C23H26ClN3O4/c1-23(2,28)9-7-13-3-5-14(6-4-13)19-15(24)11-16-21(26-19)27-22(25-16)31-18-12-30-17-8-10-29-20(17)18/h3-6,11,17-18,20,28H,7-10,12H2,1-2H3,(H,25,26,27)/t17-,18?,20+/m1/s1. The highest BCUT2D eigenvalue weighted by atomic mass is 35.5. The molecule has 1 aromatic carbocycles. The number of imidazole rings is 1. The number of aryl methyl sites for hydroxylation is 1. The fourth-order valence-corrected chi connectivity index (χ4v) is 4.37. The predicted octanol–water partition coefficient (Wildman–Crippen LogP) is 3.92. The first-order chi connectivity index (χ1) is 14.9. The zero-order valence-electron chi connectivity index (χ0n) is 17.6. The van der Waals surface area contributed by atoms with E-state index in [1.165, 1.54) is 0 Å². The molecule has 0 radical (unpaired) electrons. The maximum Gasteiger partial charge on any atom is 0.296 e. The number of hydrogen-bond donors (Lipinski definition) is 2. The first kappa shape index (κ1) is 20.7. The maximum absolute atomic E-state index is 9.92. The predicted molar refractivity (Wildman–Crippen MR) is 117 cm³/mol. The summed E-state index contributed by atoms with van der Waals surface area (Å²) in [6.45, 7) is 4.83. The van der Waals surface area contributed by atoms with E-state index in [0.29, 0.717) is 47.5 Å². The molecule has 2 saturated heterocycles. The fourth-order valence-electron chi connectivity index (χ4n) is 4.11. The van der Waals surface area contributed by atoms with Gasteiger partial charge in [-0.1, -0.05) is 35.9 Å². The zero-order chi connectivity index (χ0) is 21.6. The van der Waals surface area contributed by atoms with E-state index in [9.17, 15) is 5.11 Å². The van der Waals surface area contributed by atoms with Crippen LogP contribution in [-0.4, -0.2) is 57.2 Å². The number of benzene rings is 1. The largest absolute Gasteiger partial charge is 0.456 e. The molecule has 7 nitrogen and oxygen atoms in total. The SMILES string of the molecule is CC(C)(O)CCc1ccc(-c2nc3nc(OC4CO[C@@H]5CCO[C@H]45)[nH]c3cc2Cl)cc1. The molecule has 2 aliphatic heterocycles. The number of ether oxygens (including phenoxy) is 3. The number of nitrogens with one attached hydrogen (secondary N) is 1. The second kappa shape index (κ2) is 8.06. The van der Waals surface area contributed by atoms with E-state index >= 15 is 0 Å². The number of aromatic amines is 1. The first-order valence-corrected chi connectivity index (χ1v) is 11.0. The van der Waals surface area contributed by atoms with Crippen LogP contribution in [0.25, 0.3) is 22.4 Å². The highest BCUT2D eigenvalue weighted by molar-refractivity contribution is 6.33. The summed E-state index contributed by atoms with van der Waals surface area (Å²) in [4.78, 5) is 12.3. The quantitative estimate of drug-likeness (QED) is 0.600. The molecule has 31 heavy (non-hydrogen) atoms. The Morgan fingerprint density at radius 2 is 2.03 bits per heavy atom. The highest BCUT2D eigenvalue weighted by Gasteiger charge is 2.43. The van der Waals surface area contributed by atoms with Gasteiger partial charge in [-0.3, -0.25) is 0 Å². The Labute approximate surface area is 185 Å². The summed E-state index contributed by atoms with van der Waals surface area (Å²) in [7, 11) is 0. The molecule has 3 atom stereocenters. The topological polar surface area (TPSA) is 89.5 Å². The molecule has 2 N–H and O–H groups in total. The molecular weight excluding hydrogens is 418 g/mol. The molecule has 2 fully saturated rings. The monoisotopic (exact) mass is 443 g/mol. The number of rotatable bonds is 6. The number of fused-ring (bicyclic) bond motifs is 2. The van der Waals surface area contributed by atoms with E-state index in [0.717, 1.165) is 24.0 Å². The van der Waals surface area contributed by atoms with Crippen molar-refractivity contribution in [3.8, 4) is 17.3 Å². The van der Waals surface area contributed by atoms with Gasteiger partial charge in [0.05, 0.1) is 34.5 Å². The number of hydrogen-bond acceptors (Lipinski definition) is 6. The second-order valence-electron chi connectivity index (χ2n) is 8.89. The second-order valence-corrected chi connectivity index (χ2v) is 9.30. The number of aromatic nitrogens is 3. The lowest BCUT2D eigenvalue weighted by Gasteiger charge is -2.16. The van der Waals surface area contributed by atoms with Crippen molar-refractivity contribution in [3.63, 3.8) is 0 Å². The van der Waals surface area contributed by atoms with E-state index in [4.69, 9.17) is 25.8 Å². The van der Waals surface area contributed by atoms with Crippen molar-refractivity contribution in [2.45, 2.75) is 57.0 Å². The van der Waals surface area contributed by atoms with Crippen LogP contribution >= 0.6 is 11.6 Å². The Bertz CT molecular complexity index is 1080. The summed E-state index contributed by atoms with van der Waals surface area (Å²) < 4.78 is 17.5. The molecule has 2 aliphatic rings. The molecule has 2 aromatic heterocycles. The molecule has 0 aliphatic carbocycles. The lowest BCUT2D eigenvalue weighted by molar-refractivity contribution is 0.0273. The third-order valence-electron chi connectivity index (χ3n) is 5.84. The van der Waals surface area contributed by atoms with Gasteiger partial charge in [0.2, 0.25) is 0 Å². The summed E-state index contributed by atoms with van der Waals surface area (Å²) in [5, 5.41) is 10.5. The molecule has 3 aromatic rings. The van der Waals surface area contributed by atoms with Crippen LogP contribution in [0.1, 0.15) is 32.3 Å². The molecule has 1 unspecified atom stereocenters. The van der Waals surface area contributed by atoms with Crippen LogP contribution in [0.15, 0.2) is 30.3 Å². The maximum atomic E-state index is 9.92. The normalized spacial score (nSPS) is 23.4. The van der Waals surface area contributed by atoms with Crippen LogP contribution in [0, 0.1) is 0 Å². The Hall–Kier alpha value is -2.19. The third kappa shape index (κ3) is 4.41. The van der Waals surface area contributed by atoms with Gasteiger partial charge in [0.15, 0.2) is 11.8 Å². The highest BCUT2D eigenvalue weighted by Crippen LogP contribution is 2.32. The van der Waals surface area contributed by atoms with E-state index in [-0.39, 0.29) is 18.3 Å². The van der Waals surface area contributed by atoms with E-state index in [1.54, 1.807) is 0 Å². The summed E-state index contributed by atoms with van der Waals surface area (Å²) in [5.74, 6) is 0. The Balaban J connectivity index is 1.34. The fraction of sp³-hybridized carbons (Fsp3) is 0.478. The number of pyridine rings is 1. The van der Waals surface area contributed by atoms with Gasteiger partial charge in [-0.15, -0.1) is 0 Å². The minimum Gasteiger partial charge on any atom is -0.456 e. The van der Waals surface area contributed by atoms with E-state index in [1.807, 2.05) is 44.2 Å². The Morgan fingerprint density at radius 3 is 2.81 bits per heavy atom. The summed E-state index contributed by atoms with van der Waals surface area (Å²) >= 11 is 6.53. The van der Waals surface area contributed by atoms with Crippen LogP contribution in [-0.2, 0) is 15.9 Å². The van der Waals surface area contributed by atoms with Crippen molar-refractivity contribution in [1.29, 1.82) is 0 Å². The van der Waals surface area contributed by atoms with Crippen molar-refractivity contribution in [3.05, 3.63) is 40.9 Å². The number of halogens is 1.